The van der Waals surface area contributed by atoms with E-state index in [2.05, 4.69) is 15.3 Å². The third kappa shape index (κ3) is 3.57. The van der Waals surface area contributed by atoms with Crippen LogP contribution in [0.5, 0.6) is 0 Å². The zero-order valence-electron chi connectivity index (χ0n) is 9.78. The molecular formula is C12H11F3N4. The molecule has 7 heteroatoms. The number of hydrogen-bond acceptors (Lipinski definition) is 4. The Labute approximate surface area is 107 Å². The summed E-state index contributed by atoms with van der Waals surface area (Å²) in [4.78, 5) is 7.76. The number of halogens is 3. The standard InChI is InChI=1S/C12H11F3N4/c13-12(14,15)9-3-1-2-8(4-9)5-18-11-7-17-6-10(16)19-11/h1-4,6-7H,5H2,(H3,16,18,19). The summed E-state index contributed by atoms with van der Waals surface area (Å²) < 4.78 is 37.6. The van der Waals surface area contributed by atoms with Gasteiger partial charge in [-0.3, -0.25) is 4.98 Å². The van der Waals surface area contributed by atoms with Gasteiger partial charge in [0.1, 0.15) is 11.6 Å². The minimum absolute atomic E-state index is 0.210. The van der Waals surface area contributed by atoms with E-state index in [-0.39, 0.29) is 12.4 Å². The minimum Gasteiger partial charge on any atom is -0.382 e. The molecule has 2 aromatic rings. The molecule has 4 nitrogen and oxygen atoms in total. The van der Waals surface area contributed by atoms with E-state index in [1.54, 1.807) is 6.07 Å². The van der Waals surface area contributed by atoms with Crippen molar-refractivity contribution < 1.29 is 13.2 Å². The van der Waals surface area contributed by atoms with Gasteiger partial charge in [0.2, 0.25) is 0 Å². The molecule has 0 bridgehead atoms. The lowest BCUT2D eigenvalue weighted by atomic mass is 10.1. The molecule has 2 rings (SSSR count). The number of rotatable bonds is 3. The van der Waals surface area contributed by atoms with E-state index in [9.17, 15) is 13.2 Å². The first kappa shape index (κ1) is 13.1. The average Bonchev–Trinajstić information content (AvgIpc) is 2.36. The van der Waals surface area contributed by atoms with Gasteiger partial charge in [0.05, 0.1) is 18.0 Å². The highest BCUT2D eigenvalue weighted by Crippen LogP contribution is 2.29. The van der Waals surface area contributed by atoms with Crippen LogP contribution in [-0.4, -0.2) is 9.97 Å². The van der Waals surface area contributed by atoms with E-state index in [1.165, 1.54) is 18.5 Å². The van der Waals surface area contributed by atoms with Crippen molar-refractivity contribution in [2.75, 3.05) is 11.1 Å². The number of nitrogens with two attached hydrogens (primary N) is 1. The van der Waals surface area contributed by atoms with Crippen LogP contribution in [0.4, 0.5) is 24.8 Å². The summed E-state index contributed by atoms with van der Waals surface area (Å²) in [5.74, 6) is 0.659. The smallest absolute Gasteiger partial charge is 0.382 e. The van der Waals surface area contributed by atoms with E-state index in [1.807, 2.05) is 0 Å². The van der Waals surface area contributed by atoms with E-state index in [0.29, 0.717) is 11.4 Å². The Kier molecular flexibility index (Phi) is 3.55. The lowest BCUT2D eigenvalue weighted by Crippen LogP contribution is -2.07. The van der Waals surface area contributed by atoms with Gasteiger partial charge in [0.15, 0.2) is 0 Å². The number of nitrogen functional groups attached to an aromatic ring is 1. The normalized spacial score (nSPS) is 11.3. The van der Waals surface area contributed by atoms with E-state index < -0.39 is 11.7 Å². The monoisotopic (exact) mass is 268 g/mol. The quantitative estimate of drug-likeness (QED) is 0.898. The number of benzene rings is 1. The molecule has 100 valence electrons. The minimum atomic E-state index is -4.34. The van der Waals surface area contributed by atoms with Crippen LogP contribution in [0.2, 0.25) is 0 Å². The molecule has 0 saturated heterocycles. The van der Waals surface area contributed by atoms with Crippen LogP contribution >= 0.6 is 0 Å². The molecule has 3 N–H and O–H groups in total. The molecule has 19 heavy (non-hydrogen) atoms. The van der Waals surface area contributed by atoms with Gasteiger partial charge in [0, 0.05) is 6.54 Å². The zero-order chi connectivity index (χ0) is 13.9. The van der Waals surface area contributed by atoms with Crippen LogP contribution in [-0.2, 0) is 12.7 Å². The van der Waals surface area contributed by atoms with Gasteiger partial charge in [0.25, 0.3) is 0 Å². The predicted octanol–water partition coefficient (Wildman–Crippen LogP) is 2.69. The van der Waals surface area contributed by atoms with Gasteiger partial charge >= 0.3 is 6.18 Å². The topological polar surface area (TPSA) is 63.8 Å². The highest BCUT2D eigenvalue weighted by atomic mass is 19.4. The molecule has 0 saturated carbocycles. The van der Waals surface area contributed by atoms with Crippen molar-refractivity contribution in [1.29, 1.82) is 0 Å². The Morgan fingerprint density at radius 3 is 2.68 bits per heavy atom. The molecule has 0 amide bonds. The first-order valence-corrected chi connectivity index (χ1v) is 5.43. The summed E-state index contributed by atoms with van der Waals surface area (Å²) in [7, 11) is 0. The van der Waals surface area contributed by atoms with Crippen LogP contribution in [0.25, 0.3) is 0 Å². The van der Waals surface area contributed by atoms with Gasteiger partial charge < -0.3 is 11.1 Å². The molecule has 1 aromatic carbocycles. The van der Waals surface area contributed by atoms with Crippen LogP contribution < -0.4 is 11.1 Å². The maximum atomic E-state index is 12.5. The first-order chi connectivity index (χ1) is 8.95. The fourth-order valence-electron chi connectivity index (χ4n) is 1.52. The van der Waals surface area contributed by atoms with Crippen LogP contribution in [0.3, 0.4) is 0 Å². The second kappa shape index (κ2) is 5.13. The SMILES string of the molecule is Nc1cncc(NCc2cccc(C(F)(F)F)c2)n1. The Morgan fingerprint density at radius 1 is 1.21 bits per heavy atom. The third-order valence-corrected chi connectivity index (χ3v) is 2.38. The number of nitrogens with one attached hydrogen (secondary N) is 1. The van der Waals surface area contributed by atoms with Crippen LogP contribution in [0.1, 0.15) is 11.1 Å². The summed E-state index contributed by atoms with van der Waals surface area (Å²) in [5.41, 5.74) is 5.27. The van der Waals surface area contributed by atoms with Crippen LogP contribution in [0, 0.1) is 0 Å². The molecule has 0 spiro atoms. The molecule has 0 radical (unpaired) electrons. The predicted molar refractivity (Wildman–Crippen MR) is 65.2 cm³/mol. The second-order valence-corrected chi connectivity index (χ2v) is 3.88. The van der Waals surface area contributed by atoms with Crippen molar-refractivity contribution in [3.8, 4) is 0 Å². The highest BCUT2D eigenvalue weighted by Gasteiger charge is 2.30. The number of alkyl halides is 3. The van der Waals surface area contributed by atoms with Crippen molar-refractivity contribution >= 4 is 11.6 Å². The summed E-state index contributed by atoms with van der Waals surface area (Å²) in [6.07, 6.45) is -1.51. The van der Waals surface area contributed by atoms with E-state index >= 15 is 0 Å². The van der Waals surface area contributed by atoms with Gasteiger partial charge in [-0.05, 0) is 17.7 Å². The van der Waals surface area contributed by atoms with Crippen molar-refractivity contribution in [2.24, 2.45) is 0 Å². The summed E-state index contributed by atoms with van der Waals surface area (Å²) >= 11 is 0. The summed E-state index contributed by atoms with van der Waals surface area (Å²) in [5, 5.41) is 2.86. The van der Waals surface area contributed by atoms with Crippen molar-refractivity contribution in [3.63, 3.8) is 0 Å². The Balaban J connectivity index is 2.08. The van der Waals surface area contributed by atoms with E-state index in [0.717, 1.165) is 12.1 Å². The highest BCUT2D eigenvalue weighted by molar-refractivity contribution is 5.39. The molecule has 0 unspecified atom stereocenters. The average molecular weight is 268 g/mol. The molecule has 1 aromatic heterocycles. The Hall–Kier alpha value is -2.31. The van der Waals surface area contributed by atoms with E-state index in [4.69, 9.17) is 5.73 Å². The van der Waals surface area contributed by atoms with Gasteiger partial charge in [-0.1, -0.05) is 12.1 Å². The molecule has 0 aliphatic carbocycles. The molecule has 0 fully saturated rings. The largest absolute Gasteiger partial charge is 0.416 e. The fraction of sp³-hybridized carbons (Fsp3) is 0.167. The number of aromatic nitrogens is 2. The van der Waals surface area contributed by atoms with Crippen molar-refractivity contribution in [3.05, 3.63) is 47.8 Å². The number of nitrogens with zero attached hydrogens (tertiary/aromatic N) is 2. The molecule has 0 aliphatic rings. The second-order valence-electron chi connectivity index (χ2n) is 3.88. The first-order valence-electron chi connectivity index (χ1n) is 5.43. The number of anilines is 2. The zero-order valence-corrected chi connectivity index (χ0v) is 9.78. The summed E-state index contributed by atoms with van der Waals surface area (Å²) in [6.45, 7) is 0.210. The third-order valence-electron chi connectivity index (χ3n) is 2.38. The Morgan fingerprint density at radius 2 is 2.00 bits per heavy atom. The fourth-order valence-corrected chi connectivity index (χ4v) is 1.52. The van der Waals surface area contributed by atoms with Crippen molar-refractivity contribution in [2.45, 2.75) is 12.7 Å². The van der Waals surface area contributed by atoms with Gasteiger partial charge in [-0.25, -0.2) is 4.98 Å². The summed E-state index contributed by atoms with van der Waals surface area (Å²) in [6, 6.07) is 5.09. The maximum Gasteiger partial charge on any atom is 0.416 e. The molecule has 1 heterocycles. The van der Waals surface area contributed by atoms with Gasteiger partial charge in [-0.2, -0.15) is 13.2 Å². The lowest BCUT2D eigenvalue weighted by molar-refractivity contribution is -0.137. The Bertz CT molecular complexity index is 569. The van der Waals surface area contributed by atoms with Crippen molar-refractivity contribution in [1.82, 2.24) is 9.97 Å². The molecular weight excluding hydrogens is 257 g/mol. The lowest BCUT2D eigenvalue weighted by Gasteiger charge is -2.09. The molecule has 0 atom stereocenters. The molecule has 0 aliphatic heterocycles. The van der Waals surface area contributed by atoms with Gasteiger partial charge in [-0.15, -0.1) is 0 Å². The number of hydrogen-bond donors (Lipinski definition) is 2. The maximum absolute atomic E-state index is 12.5. The van der Waals surface area contributed by atoms with Crippen LogP contribution in [0.15, 0.2) is 36.7 Å².